The minimum atomic E-state index is -0.503. The molecule has 21 heavy (non-hydrogen) atoms. The minimum Gasteiger partial charge on any atom is -0.508 e. The Morgan fingerprint density at radius 1 is 1.14 bits per heavy atom. The molecule has 0 aliphatic rings. The van der Waals surface area contributed by atoms with E-state index in [9.17, 15) is 9.50 Å². The van der Waals surface area contributed by atoms with Gasteiger partial charge in [0.15, 0.2) is 11.6 Å². The second-order valence-electron chi connectivity index (χ2n) is 4.59. The van der Waals surface area contributed by atoms with Crippen molar-refractivity contribution in [1.29, 1.82) is 0 Å². The monoisotopic (exact) mass is 284 g/mol. The molecule has 0 spiro atoms. The third kappa shape index (κ3) is 2.64. The predicted molar refractivity (Wildman–Crippen MR) is 77.8 cm³/mol. The van der Waals surface area contributed by atoms with Gasteiger partial charge in [0.25, 0.3) is 0 Å². The van der Waals surface area contributed by atoms with E-state index < -0.39 is 5.82 Å². The number of phenols is 1. The van der Waals surface area contributed by atoms with Crippen LogP contribution < -0.4 is 10.5 Å². The fourth-order valence-corrected chi connectivity index (χ4v) is 2.07. The first-order valence-corrected chi connectivity index (χ1v) is 6.41. The summed E-state index contributed by atoms with van der Waals surface area (Å²) in [4.78, 5) is 4.10. The molecule has 0 fully saturated rings. The van der Waals surface area contributed by atoms with Crippen molar-refractivity contribution in [2.24, 2.45) is 5.73 Å². The van der Waals surface area contributed by atoms with Crippen LogP contribution in [0.5, 0.6) is 17.4 Å². The van der Waals surface area contributed by atoms with Crippen molar-refractivity contribution in [3.8, 4) is 17.4 Å². The Hall–Kier alpha value is -2.66. The predicted octanol–water partition coefficient (Wildman–Crippen LogP) is 3.33. The molecule has 0 atom stereocenters. The summed E-state index contributed by atoms with van der Waals surface area (Å²) in [5.41, 5.74) is 6.15. The van der Waals surface area contributed by atoms with Gasteiger partial charge in [0.05, 0.1) is 0 Å². The van der Waals surface area contributed by atoms with Crippen LogP contribution in [-0.4, -0.2) is 10.1 Å². The molecular weight excluding hydrogens is 271 g/mol. The maximum Gasteiger partial charge on any atom is 0.227 e. The summed E-state index contributed by atoms with van der Waals surface area (Å²) in [5.74, 6) is -0.102. The minimum absolute atomic E-state index is 0.0653. The Morgan fingerprint density at radius 3 is 2.76 bits per heavy atom. The smallest absolute Gasteiger partial charge is 0.227 e. The zero-order chi connectivity index (χ0) is 14.8. The molecule has 3 rings (SSSR count). The number of pyridine rings is 1. The number of ether oxygens (including phenoxy) is 1. The summed E-state index contributed by atoms with van der Waals surface area (Å²) >= 11 is 0. The molecule has 4 nitrogen and oxygen atoms in total. The van der Waals surface area contributed by atoms with E-state index in [0.717, 1.165) is 5.39 Å². The highest BCUT2D eigenvalue weighted by Gasteiger charge is 2.10. The van der Waals surface area contributed by atoms with Crippen LogP contribution in [0, 0.1) is 5.82 Å². The Morgan fingerprint density at radius 2 is 2.00 bits per heavy atom. The van der Waals surface area contributed by atoms with Crippen molar-refractivity contribution in [2.75, 3.05) is 0 Å². The Bertz CT molecular complexity index is 805. The Balaban J connectivity index is 2.04. The molecule has 0 saturated carbocycles. The van der Waals surface area contributed by atoms with E-state index in [0.29, 0.717) is 10.9 Å². The molecule has 106 valence electrons. The lowest BCUT2D eigenvalue weighted by molar-refractivity contribution is 0.431. The maximum atomic E-state index is 13.9. The average molecular weight is 284 g/mol. The molecule has 0 radical (unpaired) electrons. The second kappa shape index (κ2) is 5.38. The van der Waals surface area contributed by atoms with Gasteiger partial charge >= 0.3 is 0 Å². The van der Waals surface area contributed by atoms with E-state index in [1.807, 2.05) is 0 Å². The third-order valence-electron chi connectivity index (χ3n) is 3.15. The number of hydrogen-bond donors (Lipinski definition) is 2. The molecule has 0 saturated heterocycles. The van der Waals surface area contributed by atoms with E-state index in [1.54, 1.807) is 30.5 Å². The molecule has 3 N–H and O–H groups in total. The van der Waals surface area contributed by atoms with Crippen molar-refractivity contribution in [2.45, 2.75) is 6.54 Å². The number of phenolic OH excluding ortho intramolecular Hbond substituents is 1. The topological polar surface area (TPSA) is 68.4 Å². The molecule has 0 aliphatic heterocycles. The number of nitrogens with zero attached hydrogens (tertiary/aromatic N) is 1. The van der Waals surface area contributed by atoms with Crippen LogP contribution in [0.3, 0.4) is 0 Å². The van der Waals surface area contributed by atoms with Crippen molar-refractivity contribution >= 4 is 10.8 Å². The van der Waals surface area contributed by atoms with Gasteiger partial charge in [-0.05, 0) is 41.3 Å². The quantitative estimate of drug-likeness (QED) is 0.774. The van der Waals surface area contributed by atoms with Gasteiger partial charge in [0.2, 0.25) is 5.88 Å². The lowest BCUT2D eigenvalue weighted by atomic mass is 10.1. The zero-order valence-corrected chi connectivity index (χ0v) is 11.1. The van der Waals surface area contributed by atoms with Crippen LogP contribution >= 0.6 is 0 Å². The molecule has 1 aromatic heterocycles. The SMILES string of the molecule is NCc1ccc(Oc2nccc3ccc(O)cc23)c(F)c1. The lowest BCUT2D eigenvalue weighted by Gasteiger charge is -2.09. The second-order valence-corrected chi connectivity index (χ2v) is 4.59. The Labute approximate surface area is 120 Å². The summed E-state index contributed by atoms with van der Waals surface area (Å²) in [7, 11) is 0. The van der Waals surface area contributed by atoms with Gasteiger partial charge in [0.1, 0.15) is 5.75 Å². The van der Waals surface area contributed by atoms with E-state index >= 15 is 0 Å². The highest BCUT2D eigenvalue weighted by Crippen LogP contribution is 2.31. The van der Waals surface area contributed by atoms with Crippen molar-refractivity contribution in [1.82, 2.24) is 4.98 Å². The number of hydrogen-bond acceptors (Lipinski definition) is 4. The number of aromatic hydroxyl groups is 1. The van der Waals surface area contributed by atoms with Crippen molar-refractivity contribution in [3.63, 3.8) is 0 Å². The first-order valence-electron chi connectivity index (χ1n) is 6.41. The summed E-state index contributed by atoms with van der Waals surface area (Å²) < 4.78 is 19.5. The van der Waals surface area contributed by atoms with Crippen LogP contribution in [0.25, 0.3) is 10.8 Å². The summed E-state index contributed by atoms with van der Waals surface area (Å²) in [6, 6.07) is 11.2. The highest BCUT2D eigenvalue weighted by atomic mass is 19.1. The summed E-state index contributed by atoms with van der Waals surface area (Å²) in [6.07, 6.45) is 1.57. The first kappa shape index (κ1) is 13.3. The number of halogens is 1. The van der Waals surface area contributed by atoms with Crippen LogP contribution in [0.4, 0.5) is 4.39 Å². The molecule has 0 aliphatic carbocycles. The van der Waals surface area contributed by atoms with Gasteiger partial charge in [-0.2, -0.15) is 0 Å². The average Bonchev–Trinajstić information content (AvgIpc) is 2.49. The zero-order valence-electron chi connectivity index (χ0n) is 11.1. The molecule has 2 aromatic carbocycles. The standard InChI is InChI=1S/C16H13FN2O2/c17-14-7-10(9-18)1-4-15(14)21-16-13-8-12(20)3-2-11(13)5-6-19-16/h1-8,20H,9,18H2. The highest BCUT2D eigenvalue weighted by molar-refractivity contribution is 5.88. The van der Waals surface area contributed by atoms with E-state index in [4.69, 9.17) is 10.5 Å². The molecule has 0 unspecified atom stereocenters. The van der Waals surface area contributed by atoms with Crippen molar-refractivity contribution < 1.29 is 14.2 Å². The summed E-state index contributed by atoms with van der Waals surface area (Å²) in [5, 5.41) is 11.0. The number of fused-ring (bicyclic) bond motifs is 1. The number of benzene rings is 2. The van der Waals surface area contributed by atoms with Gasteiger partial charge in [0, 0.05) is 18.1 Å². The van der Waals surface area contributed by atoms with Crippen molar-refractivity contribution in [3.05, 3.63) is 60.0 Å². The maximum absolute atomic E-state index is 13.9. The molecule has 0 amide bonds. The summed E-state index contributed by atoms with van der Waals surface area (Å²) in [6.45, 7) is 0.261. The number of nitrogens with two attached hydrogens (primary N) is 1. The molecule has 3 aromatic rings. The van der Waals surface area contributed by atoms with Crippen LogP contribution in [-0.2, 0) is 6.54 Å². The fourth-order valence-electron chi connectivity index (χ4n) is 2.07. The molecular formula is C16H13FN2O2. The van der Waals surface area contributed by atoms with Gasteiger partial charge in [-0.15, -0.1) is 0 Å². The third-order valence-corrected chi connectivity index (χ3v) is 3.15. The van der Waals surface area contributed by atoms with E-state index in [2.05, 4.69) is 4.98 Å². The van der Waals surface area contributed by atoms with E-state index in [-0.39, 0.29) is 23.9 Å². The first-order chi connectivity index (χ1) is 10.2. The lowest BCUT2D eigenvalue weighted by Crippen LogP contribution is -1.98. The van der Waals surface area contributed by atoms with Crippen LogP contribution in [0.1, 0.15) is 5.56 Å². The largest absolute Gasteiger partial charge is 0.508 e. The van der Waals surface area contributed by atoms with Gasteiger partial charge in [-0.3, -0.25) is 0 Å². The van der Waals surface area contributed by atoms with Gasteiger partial charge in [-0.1, -0.05) is 12.1 Å². The normalized spacial score (nSPS) is 10.8. The molecule has 0 bridgehead atoms. The fraction of sp³-hybridized carbons (Fsp3) is 0.0625. The van der Waals surface area contributed by atoms with Gasteiger partial charge in [-0.25, -0.2) is 9.37 Å². The van der Waals surface area contributed by atoms with Gasteiger partial charge < -0.3 is 15.6 Å². The van der Waals surface area contributed by atoms with Crippen LogP contribution in [0.15, 0.2) is 48.7 Å². The number of rotatable bonds is 3. The Kier molecular flexibility index (Phi) is 3.41. The molecule has 1 heterocycles. The van der Waals surface area contributed by atoms with E-state index in [1.165, 1.54) is 18.2 Å². The number of aromatic nitrogens is 1. The van der Waals surface area contributed by atoms with Crippen LogP contribution in [0.2, 0.25) is 0 Å². The molecule has 5 heteroatoms.